The number of ether oxygens (including phenoxy) is 2. The fourth-order valence-corrected chi connectivity index (χ4v) is 6.05. The van der Waals surface area contributed by atoms with Crippen molar-refractivity contribution in [2.75, 3.05) is 46.0 Å². The maximum atomic E-state index is 13.3. The molecule has 2 atom stereocenters. The molecule has 2 aliphatic heterocycles. The van der Waals surface area contributed by atoms with Crippen LogP contribution in [0.1, 0.15) is 67.6 Å². The van der Waals surface area contributed by atoms with Gasteiger partial charge in [0.25, 0.3) is 5.56 Å². The molecule has 0 saturated carbocycles. The maximum Gasteiger partial charge on any atom is 0.252 e. The average molecular weight is 538 g/mol. The summed E-state index contributed by atoms with van der Waals surface area (Å²) in [6.45, 7) is 13.7. The van der Waals surface area contributed by atoms with Crippen LogP contribution in [0.4, 0.5) is 0 Å². The lowest BCUT2D eigenvalue weighted by Crippen LogP contribution is -2.39. The highest BCUT2D eigenvalue weighted by Crippen LogP contribution is 2.28. The summed E-state index contributed by atoms with van der Waals surface area (Å²) in [5.41, 5.74) is 3.95. The number of tetrazole rings is 1. The third kappa shape index (κ3) is 6.92. The molecule has 39 heavy (non-hydrogen) atoms. The van der Waals surface area contributed by atoms with E-state index < -0.39 is 0 Å². The molecule has 212 valence electrons. The molecule has 0 amide bonds. The van der Waals surface area contributed by atoms with Gasteiger partial charge in [0.15, 0.2) is 5.82 Å². The zero-order chi connectivity index (χ0) is 27.2. The summed E-state index contributed by atoms with van der Waals surface area (Å²) in [7, 11) is 0. The summed E-state index contributed by atoms with van der Waals surface area (Å²) < 4.78 is 13.4. The normalized spacial score (nSPS) is 19.3. The van der Waals surface area contributed by atoms with E-state index in [0.29, 0.717) is 13.1 Å². The molecule has 10 heteroatoms. The van der Waals surface area contributed by atoms with E-state index in [-0.39, 0.29) is 17.7 Å². The Hall–Kier alpha value is -2.66. The van der Waals surface area contributed by atoms with Crippen molar-refractivity contribution < 1.29 is 9.47 Å². The number of aromatic nitrogens is 5. The van der Waals surface area contributed by atoms with E-state index in [9.17, 15) is 4.79 Å². The van der Waals surface area contributed by atoms with Crippen LogP contribution in [-0.2, 0) is 22.6 Å². The van der Waals surface area contributed by atoms with E-state index in [0.717, 1.165) is 106 Å². The molecule has 0 radical (unpaired) electrons. The van der Waals surface area contributed by atoms with Crippen LogP contribution in [-0.4, -0.2) is 87.1 Å². The van der Waals surface area contributed by atoms with Crippen LogP contribution in [0.25, 0.3) is 10.9 Å². The Morgan fingerprint density at radius 1 is 1.18 bits per heavy atom. The molecule has 5 rings (SSSR count). The molecule has 3 aromatic rings. The van der Waals surface area contributed by atoms with Crippen LogP contribution < -0.4 is 5.56 Å². The minimum absolute atomic E-state index is 0.00503. The zero-order valence-corrected chi connectivity index (χ0v) is 23.7. The number of benzene rings is 1. The topological polar surface area (TPSA) is 101 Å². The second-order valence-corrected chi connectivity index (χ2v) is 11.1. The Labute approximate surface area is 230 Å². The van der Waals surface area contributed by atoms with E-state index in [1.807, 2.05) is 11.6 Å². The maximum absolute atomic E-state index is 13.3. The lowest BCUT2D eigenvalue weighted by molar-refractivity contribution is 0.0347. The number of aromatic amines is 1. The summed E-state index contributed by atoms with van der Waals surface area (Å²) in [4.78, 5) is 21.4. The number of aryl methyl sites for hydroxylation is 2. The first-order chi connectivity index (χ1) is 19.0. The van der Waals surface area contributed by atoms with Crippen molar-refractivity contribution in [3.05, 3.63) is 51.1 Å². The van der Waals surface area contributed by atoms with Crippen LogP contribution in [0.2, 0.25) is 0 Å². The zero-order valence-electron chi connectivity index (χ0n) is 23.7. The largest absolute Gasteiger partial charge is 0.379 e. The first kappa shape index (κ1) is 27.9. The standard InChI is InChI=1S/C29H43N7O3/c1-4-7-26(28-31-32-33-36(28)20-25-8-5-13-39-25)35(10-6-9-34-11-14-38-15-12-34)19-24-18-23-17-21(2)16-22(3)27(23)30-29(24)37/h16-18,25-26H,4-15,19-20H2,1-3H3,(H,30,37)/t25-,26+/m1/s1. The number of H-pyrrole nitrogens is 1. The molecule has 4 heterocycles. The van der Waals surface area contributed by atoms with Gasteiger partial charge in [0.2, 0.25) is 0 Å². The SMILES string of the molecule is CCC[C@@H](c1nnnn1C[C@H]1CCCO1)N(CCCN1CCOCC1)Cc1cc2cc(C)cc(C)c2[nH]c1=O. The predicted octanol–water partition coefficient (Wildman–Crippen LogP) is 3.38. The van der Waals surface area contributed by atoms with Crippen LogP contribution in [0.3, 0.4) is 0 Å². The van der Waals surface area contributed by atoms with Gasteiger partial charge in [0, 0.05) is 38.3 Å². The van der Waals surface area contributed by atoms with Crippen LogP contribution >= 0.6 is 0 Å². The number of pyridine rings is 1. The van der Waals surface area contributed by atoms with Crippen LogP contribution in [0, 0.1) is 13.8 Å². The summed E-state index contributed by atoms with van der Waals surface area (Å²) in [5, 5.41) is 14.0. The van der Waals surface area contributed by atoms with Crippen molar-refractivity contribution in [1.29, 1.82) is 0 Å². The molecule has 0 aliphatic carbocycles. The summed E-state index contributed by atoms with van der Waals surface area (Å²) >= 11 is 0. The number of nitrogens with zero attached hydrogens (tertiary/aromatic N) is 6. The van der Waals surface area contributed by atoms with Gasteiger partial charge in [-0.15, -0.1) is 5.10 Å². The Kier molecular flexibility index (Phi) is 9.39. The molecule has 1 aromatic carbocycles. The van der Waals surface area contributed by atoms with E-state index in [4.69, 9.17) is 9.47 Å². The van der Waals surface area contributed by atoms with Crippen LogP contribution in [0.15, 0.2) is 23.0 Å². The van der Waals surface area contributed by atoms with Crippen molar-refractivity contribution in [3.63, 3.8) is 0 Å². The van der Waals surface area contributed by atoms with E-state index in [1.165, 1.54) is 5.56 Å². The molecule has 2 aliphatic rings. The Morgan fingerprint density at radius 2 is 2.03 bits per heavy atom. The predicted molar refractivity (Wildman–Crippen MR) is 151 cm³/mol. The highest BCUT2D eigenvalue weighted by atomic mass is 16.5. The van der Waals surface area contributed by atoms with Gasteiger partial charge in [0.05, 0.1) is 37.4 Å². The van der Waals surface area contributed by atoms with Gasteiger partial charge in [-0.2, -0.15) is 0 Å². The summed E-state index contributed by atoms with van der Waals surface area (Å²) in [6, 6.07) is 6.34. The average Bonchev–Trinajstić information content (AvgIpc) is 3.61. The van der Waals surface area contributed by atoms with Gasteiger partial charge >= 0.3 is 0 Å². The lowest BCUT2D eigenvalue weighted by atomic mass is 10.0. The lowest BCUT2D eigenvalue weighted by Gasteiger charge is -2.32. The third-order valence-corrected chi connectivity index (χ3v) is 8.03. The fourth-order valence-electron chi connectivity index (χ4n) is 6.05. The Bertz CT molecular complexity index is 1280. The number of morpholine rings is 1. The molecule has 2 fully saturated rings. The highest BCUT2D eigenvalue weighted by molar-refractivity contribution is 5.82. The van der Waals surface area contributed by atoms with Gasteiger partial charge < -0.3 is 14.5 Å². The number of rotatable bonds is 12. The van der Waals surface area contributed by atoms with Crippen molar-refractivity contribution in [1.82, 2.24) is 35.0 Å². The monoisotopic (exact) mass is 537 g/mol. The third-order valence-electron chi connectivity index (χ3n) is 8.03. The second kappa shape index (κ2) is 13.1. The van der Waals surface area contributed by atoms with Crippen molar-refractivity contribution in [2.45, 2.75) is 78.1 Å². The molecular weight excluding hydrogens is 494 g/mol. The quantitative estimate of drug-likeness (QED) is 0.375. The van der Waals surface area contributed by atoms with Crippen LogP contribution in [0.5, 0.6) is 0 Å². The minimum Gasteiger partial charge on any atom is -0.379 e. The van der Waals surface area contributed by atoms with E-state index in [2.05, 4.69) is 62.4 Å². The molecule has 2 aromatic heterocycles. The second-order valence-electron chi connectivity index (χ2n) is 11.1. The molecule has 10 nitrogen and oxygen atoms in total. The van der Waals surface area contributed by atoms with Gasteiger partial charge in [-0.3, -0.25) is 14.6 Å². The molecule has 0 spiro atoms. The van der Waals surface area contributed by atoms with Gasteiger partial charge in [0.1, 0.15) is 0 Å². The highest BCUT2D eigenvalue weighted by Gasteiger charge is 2.28. The van der Waals surface area contributed by atoms with Crippen molar-refractivity contribution >= 4 is 10.9 Å². The first-order valence-electron chi connectivity index (χ1n) is 14.6. The Balaban J connectivity index is 1.43. The van der Waals surface area contributed by atoms with Crippen molar-refractivity contribution in [3.8, 4) is 0 Å². The molecular formula is C29H43N7O3. The molecule has 2 saturated heterocycles. The number of hydrogen-bond acceptors (Lipinski definition) is 8. The molecule has 1 N–H and O–H groups in total. The molecule has 0 unspecified atom stereocenters. The smallest absolute Gasteiger partial charge is 0.252 e. The van der Waals surface area contributed by atoms with Crippen molar-refractivity contribution in [2.24, 2.45) is 0 Å². The number of fused-ring (bicyclic) bond motifs is 1. The summed E-state index contributed by atoms with van der Waals surface area (Å²) in [5.74, 6) is 0.864. The van der Waals surface area contributed by atoms with E-state index >= 15 is 0 Å². The number of nitrogens with one attached hydrogen (secondary N) is 1. The number of hydrogen-bond donors (Lipinski definition) is 1. The fraction of sp³-hybridized carbons (Fsp3) is 0.655. The van der Waals surface area contributed by atoms with Gasteiger partial charge in [-0.25, -0.2) is 4.68 Å². The minimum atomic E-state index is -0.0261. The molecule has 0 bridgehead atoms. The van der Waals surface area contributed by atoms with E-state index in [1.54, 1.807) is 0 Å². The summed E-state index contributed by atoms with van der Waals surface area (Å²) in [6.07, 6.45) is 5.16. The Morgan fingerprint density at radius 3 is 2.79 bits per heavy atom. The van der Waals surface area contributed by atoms with Gasteiger partial charge in [-0.1, -0.05) is 25.0 Å². The first-order valence-corrected chi connectivity index (χ1v) is 14.6. The van der Waals surface area contributed by atoms with Gasteiger partial charge in [-0.05, 0) is 79.6 Å².